The van der Waals surface area contributed by atoms with E-state index in [1.54, 1.807) is 0 Å². The molecule has 0 aromatic heterocycles. The summed E-state index contributed by atoms with van der Waals surface area (Å²) >= 11 is 0. The molecule has 0 aromatic rings. The smallest absolute Gasteiger partial charge is 0.315 e. The third kappa shape index (κ3) is 1.89. The van der Waals surface area contributed by atoms with Gasteiger partial charge in [0.25, 0.3) is 0 Å². The molecule has 6 atom stereocenters. The van der Waals surface area contributed by atoms with Gasteiger partial charge in [0.1, 0.15) is 18.3 Å². The van der Waals surface area contributed by atoms with Gasteiger partial charge >= 0.3 is 5.97 Å². The average molecular weight is 259 g/mol. The van der Waals surface area contributed by atoms with Gasteiger partial charge in [-0.15, -0.1) is 9.24 Å². The number of esters is 1. The topological polar surface area (TPSA) is 62.3 Å². The number of rotatable bonds is 3. The van der Waals surface area contributed by atoms with Crippen LogP contribution >= 0.6 is 9.24 Å². The van der Waals surface area contributed by atoms with Crippen LogP contribution in [0.15, 0.2) is 0 Å². The van der Waals surface area contributed by atoms with Crippen molar-refractivity contribution in [3.63, 3.8) is 0 Å². The maximum atomic E-state index is 11.6. The Balaban J connectivity index is 1.59. The number of fused-ring (bicyclic) bond motifs is 5. The van der Waals surface area contributed by atoms with Crippen LogP contribution in [0, 0.1) is 0 Å². The molecule has 3 aliphatic heterocycles. The number of likely N-dealkylation sites (N-methyl/N-ethyl adjacent to an activating group) is 1. The highest BCUT2D eigenvalue weighted by atomic mass is 31.0. The molecule has 3 saturated heterocycles. The third-order valence-electron chi connectivity index (χ3n) is 4.16. The van der Waals surface area contributed by atoms with Gasteiger partial charge in [-0.3, -0.25) is 9.69 Å². The number of aliphatic hydroxyl groups excluding tert-OH is 1. The van der Waals surface area contributed by atoms with Crippen molar-refractivity contribution >= 4 is 15.2 Å². The van der Waals surface area contributed by atoms with Crippen molar-refractivity contribution in [3.8, 4) is 0 Å². The quantitative estimate of drug-likeness (QED) is 0.416. The molecule has 0 amide bonds. The second-order valence-electron chi connectivity index (χ2n) is 5.18. The van der Waals surface area contributed by atoms with E-state index in [0.717, 1.165) is 12.8 Å². The largest absolute Gasteiger partial charge is 0.462 e. The van der Waals surface area contributed by atoms with Crippen molar-refractivity contribution in [2.75, 3.05) is 13.7 Å². The molecule has 6 unspecified atom stereocenters. The lowest BCUT2D eigenvalue weighted by molar-refractivity contribution is -0.153. The molecule has 0 aromatic carbocycles. The van der Waals surface area contributed by atoms with Crippen LogP contribution in [0.4, 0.5) is 0 Å². The average Bonchev–Trinajstić information content (AvgIpc) is 3.05. The monoisotopic (exact) mass is 259 g/mol. The van der Waals surface area contributed by atoms with E-state index in [1.165, 1.54) is 0 Å². The number of hydrogen-bond acceptors (Lipinski definition) is 5. The van der Waals surface area contributed by atoms with Crippen LogP contribution in [0.1, 0.15) is 12.8 Å². The minimum Gasteiger partial charge on any atom is -0.462 e. The lowest BCUT2D eigenvalue weighted by atomic mass is 9.99. The van der Waals surface area contributed by atoms with Gasteiger partial charge in [0, 0.05) is 24.9 Å². The van der Waals surface area contributed by atoms with Gasteiger partial charge in [-0.1, -0.05) is 0 Å². The Morgan fingerprint density at radius 2 is 2.12 bits per heavy atom. The summed E-state index contributed by atoms with van der Waals surface area (Å²) < 4.78 is 11.0. The van der Waals surface area contributed by atoms with Crippen molar-refractivity contribution in [2.24, 2.45) is 0 Å². The maximum absolute atomic E-state index is 11.6. The van der Waals surface area contributed by atoms with Gasteiger partial charge in [0.05, 0.1) is 12.3 Å². The minimum absolute atomic E-state index is 0.0142. The van der Waals surface area contributed by atoms with Crippen LogP contribution in [0.2, 0.25) is 0 Å². The predicted octanol–water partition coefficient (Wildman–Crippen LogP) is -0.622. The second kappa shape index (κ2) is 4.16. The van der Waals surface area contributed by atoms with Crippen molar-refractivity contribution in [1.29, 1.82) is 0 Å². The number of carbonyl (C=O) groups excluding carboxylic acids is 1. The molecule has 96 valence electrons. The zero-order valence-electron chi connectivity index (χ0n) is 9.78. The zero-order valence-corrected chi connectivity index (χ0v) is 10.9. The number of nitrogens with zero attached hydrogens (tertiary/aromatic N) is 1. The van der Waals surface area contributed by atoms with E-state index in [4.69, 9.17) is 14.6 Å². The van der Waals surface area contributed by atoms with Gasteiger partial charge in [0.15, 0.2) is 0 Å². The first-order valence-electron chi connectivity index (χ1n) is 6.06. The number of ether oxygens (including phenoxy) is 2. The molecule has 3 aliphatic rings. The highest BCUT2D eigenvalue weighted by molar-refractivity contribution is 7.19. The van der Waals surface area contributed by atoms with Crippen molar-refractivity contribution in [1.82, 2.24) is 4.90 Å². The zero-order chi connectivity index (χ0) is 12.2. The van der Waals surface area contributed by atoms with Crippen molar-refractivity contribution in [2.45, 2.75) is 48.9 Å². The number of epoxide rings is 1. The Morgan fingerprint density at radius 3 is 2.65 bits per heavy atom. The maximum Gasteiger partial charge on any atom is 0.315 e. The number of aliphatic hydroxyl groups is 1. The lowest BCUT2D eigenvalue weighted by Gasteiger charge is -2.38. The Bertz CT molecular complexity index is 321. The first kappa shape index (κ1) is 11.8. The van der Waals surface area contributed by atoms with Crippen LogP contribution in [0.5, 0.6) is 0 Å². The van der Waals surface area contributed by atoms with Crippen molar-refractivity contribution in [3.05, 3.63) is 0 Å². The van der Waals surface area contributed by atoms with E-state index in [9.17, 15) is 4.79 Å². The number of piperidine rings is 1. The molecule has 0 spiro atoms. The Hall–Kier alpha value is -0.220. The molecule has 3 heterocycles. The lowest BCUT2D eigenvalue weighted by Crippen LogP contribution is -2.48. The molecule has 3 fully saturated rings. The van der Waals surface area contributed by atoms with Crippen LogP contribution in [-0.2, 0) is 14.3 Å². The molecule has 17 heavy (non-hydrogen) atoms. The fourth-order valence-corrected chi connectivity index (χ4v) is 3.20. The fourth-order valence-electron chi connectivity index (χ4n) is 3.12. The molecular formula is C11H18NO4P. The Morgan fingerprint density at radius 1 is 1.53 bits per heavy atom. The first-order chi connectivity index (χ1) is 8.11. The standard InChI is InChI=1S/C11H18NO4P/c1-12-6-2-5(15-11(14)8(17)4-13)3-7(12)10-9(6)16-10/h5-10,13H,2-4,17H2,1H3. The number of hydrogen-bond donors (Lipinski definition) is 1. The SMILES string of the molecule is CN1C2CC(OC(=O)C(P)CO)CC1C1OC12. The van der Waals surface area contributed by atoms with Crippen LogP contribution in [0.25, 0.3) is 0 Å². The van der Waals surface area contributed by atoms with E-state index in [2.05, 4.69) is 21.2 Å². The van der Waals surface area contributed by atoms with Gasteiger partial charge in [-0.2, -0.15) is 0 Å². The minimum atomic E-state index is -0.502. The van der Waals surface area contributed by atoms with E-state index in [0.29, 0.717) is 24.3 Å². The van der Waals surface area contributed by atoms with Crippen LogP contribution in [-0.4, -0.2) is 65.7 Å². The molecule has 0 aliphatic carbocycles. The predicted molar refractivity (Wildman–Crippen MR) is 63.7 cm³/mol. The highest BCUT2D eigenvalue weighted by Gasteiger charge is 2.62. The van der Waals surface area contributed by atoms with Gasteiger partial charge in [-0.25, -0.2) is 0 Å². The normalized spacial score (nSPS) is 45.2. The van der Waals surface area contributed by atoms with E-state index < -0.39 is 5.66 Å². The molecular weight excluding hydrogens is 241 g/mol. The Labute approximate surface area is 103 Å². The molecule has 2 bridgehead atoms. The molecule has 3 rings (SSSR count). The summed E-state index contributed by atoms with van der Waals surface area (Å²) in [5, 5.41) is 8.89. The van der Waals surface area contributed by atoms with Crippen LogP contribution in [0.3, 0.4) is 0 Å². The van der Waals surface area contributed by atoms with E-state index in [-0.39, 0.29) is 18.7 Å². The van der Waals surface area contributed by atoms with Gasteiger partial charge < -0.3 is 14.6 Å². The summed E-state index contributed by atoms with van der Waals surface area (Å²) in [4.78, 5) is 14.0. The number of morpholine rings is 1. The van der Waals surface area contributed by atoms with Gasteiger partial charge in [0.2, 0.25) is 0 Å². The molecule has 0 radical (unpaired) electrons. The summed E-state index contributed by atoms with van der Waals surface area (Å²) in [5.41, 5.74) is -0.502. The third-order valence-corrected chi connectivity index (χ3v) is 4.64. The van der Waals surface area contributed by atoms with Gasteiger partial charge in [-0.05, 0) is 7.05 Å². The first-order valence-corrected chi connectivity index (χ1v) is 6.73. The summed E-state index contributed by atoms with van der Waals surface area (Å²) in [7, 11) is 4.43. The molecule has 6 heteroatoms. The second-order valence-corrected chi connectivity index (χ2v) is 5.99. The Kier molecular flexibility index (Phi) is 2.90. The molecule has 1 N–H and O–H groups in total. The molecule has 5 nitrogen and oxygen atoms in total. The highest BCUT2D eigenvalue weighted by Crippen LogP contribution is 2.47. The van der Waals surface area contributed by atoms with E-state index in [1.807, 2.05) is 0 Å². The summed E-state index contributed by atoms with van der Waals surface area (Å²) in [5.74, 6) is -0.318. The summed E-state index contributed by atoms with van der Waals surface area (Å²) in [6, 6.07) is 0.794. The number of carbonyl (C=O) groups is 1. The van der Waals surface area contributed by atoms with E-state index >= 15 is 0 Å². The fraction of sp³-hybridized carbons (Fsp3) is 0.909. The van der Waals surface area contributed by atoms with Crippen LogP contribution < -0.4 is 0 Å². The summed E-state index contributed by atoms with van der Waals surface area (Å²) in [6.07, 6.45) is 2.40. The summed E-state index contributed by atoms with van der Waals surface area (Å²) in [6.45, 7) is -0.183. The van der Waals surface area contributed by atoms with Crippen molar-refractivity contribution < 1.29 is 19.4 Å². The molecule has 0 saturated carbocycles.